The molecule has 78 valence electrons. The Labute approximate surface area is 79.1 Å². The number of pyridine rings is 1. The van der Waals surface area contributed by atoms with Gasteiger partial charge in [0, 0.05) is 0 Å². The first kappa shape index (κ1) is 10.6. The fraction of sp³-hybridized carbons (Fsp3) is 0.375. The van der Waals surface area contributed by atoms with Crippen LogP contribution in [0.5, 0.6) is 0 Å². The Hall–Kier alpha value is -1.46. The summed E-state index contributed by atoms with van der Waals surface area (Å²) in [5.41, 5.74) is 6.43. The van der Waals surface area contributed by atoms with E-state index in [2.05, 4.69) is 10.3 Å². The van der Waals surface area contributed by atoms with Crippen molar-refractivity contribution in [3.63, 3.8) is 0 Å². The first-order chi connectivity index (χ1) is 6.38. The van der Waals surface area contributed by atoms with Crippen molar-refractivity contribution in [1.82, 2.24) is 4.98 Å². The monoisotopic (exact) mass is 205 g/mol. The van der Waals surface area contributed by atoms with Crippen molar-refractivity contribution >= 4 is 11.5 Å². The quantitative estimate of drug-likeness (QED) is 0.775. The summed E-state index contributed by atoms with van der Waals surface area (Å²) in [6, 6.07) is 2.93. The topological polar surface area (TPSA) is 50.9 Å². The van der Waals surface area contributed by atoms with Crippen LogP contribution in [0.25, 0.3) is 0 Å². The molecule has 0 unspecified atom stereocenters. The molecule has 3 N–H and O–H groups in total. The van der Waals surface area contributed by atoms with Gasteiger partial charge in [0.1, 0.15) is 12.4 Å². The highest BCUT2D eigenvalue weighted by Gasteiger charge is 2.26. The van der Waals surface area contributed by atoms with Crippen LogP contribution in [0.15, 0.2) is 12.1 Å². The molecule has 6 heteroatoms. The molecule has 0 fully saturated rings. The normalized spacial score (nSPS) is 11.4. The lowest BCUT2D eigenvalue weighted by Crippen LogP contribution is -2.21. The molecule has 0 atom stereocenters. The van der Waals surface area contributed by atoms with E-state index < -0.39 is 12.7 Å². The van der Waals surface area contributed by atoms with Crippen molar-refractivity contribution in [2.45, 2.75) is 13.1 Å². The first-order valence-corrected chi connectivity index (χ1v) is 3.92. The number of anilines is 2. The second kappa shape index (κ2) is 3.73. The van der Waals surface area contributed by atoms with Gasteiger partial charge < -0.3 is 11.1 Å². The predicted molar refractivity (Wildman–Crippen MR) is 47.9 cm³/mol. The summed E-state index contributed by atoms with van der Waals surface area (Å²) in [5.74, 6) is 0.175. The second-order valence-electron chi connectivity index (χ2n) is 2.84. The largest absolute Gasteiger partial charge is 0.405 e. The number of hydrogen-bond donors (Lipinski definition) is 2. The number of alkyl halides is 3. The van der Waals surface area contributed by atoms with Crippen molar-refractivity contribution < 1.29 is 13.2 Å². The van der Waals surface area contributed by atoms with E-state index in [1.807, 2.05) is 0 Å². The lowest BCUT2D eigenvalue weighted by atomic mass is 10.3. The molecule has 0 aromatic carbocycles. The molecule has 1 aromatic heterocycles. The Morgan fingerprint density at radius 1 is 1.43 bits per heavy atom. The van der Waals surface area contributed by atoms with E-state index in [-0.39, 0.29) is 5.82 Å². The summed E-state index contributed by atoms with van der Waals surface area (Å²) in [4.78, 5) is 3.84. The highest BCUT2D eigenvalue weighted by atomic mass is 19.4. The van der Waals surface area contributed by atoms with E-state index in [1.165, 1.54) is 12.1 Å². The minimum absolute atomic E-state index is 0.175. The molecule has 0 bridgehead atoms. The number of nitrogens with one attached hydrogen (secondary N) is 1. The number of rotatable bonds is 2. The van der Waals surface area contributed by atoms with Crippen LogP contribution >= 0.6 is 0 Å². The zero-order valence-corrected chi connectivity index (χ0v) is 7.52. The van der Waals surface area contributed by atoms with Crippen molar-refractivity contribution in [1.29, 1.82) is 0 Å². The molecule has 1 rings (SSSR count). The predicted octanol–water partition coefficient (Wildman–Crippen LogP) is 1.95. The highest BCUT2D eigenvalue weighted by Crippen LogP contribution is 2.17. The highest BCUT2D eigenvalue weighted by molar-refractivity contribution is 5.49. The van der Waals surface area contributed by atoms with Crippen LogP contribution in [-0.4, -0.2) is 17.7 Å². The van der Waals surface area contributed by atoms with Gasteiger partial charge in [-0.05, 0) is 19.1 Å². The van der Waals surface area contributed by atoms with Crippen LogP contribution in [0.2, 0.25) is 0 Å². The van der Waals surface area contributed by atoms with E-state index in [0.29, 0.717) is 11.4 Å². The smallest absolute Gasteiger partial charge is 0.397 e. The van der Waals surface area contributed by atoms with Crippen LogP contribution in [-0.2, 0) is 0 Å². The number of nitrogens with two attached hydrogens (primary N) is 1. The molecule has 0 aliphatic rings. The lowest BCUT2D eigenvalue weighted by molar-refractivity contribution is -0.115. The summed E-state index contributed by atoms with van der Waals surface area (Å²) in [6.07, 6.45) is -4.24. The third kappa shape index (κ3) is 3.12. The van der Waals surface area contributed by atoms with Gasteiger partial charge in [0.15, 0.2) is 0 Å². The molecule has 0 aliphatic carbocycles. The number of aryl methyl sites for hydroxylation is 1. The maximum Gasteiger partial charge on any atom is 0.405 e. The summed E-state index contributed by atoms with van der Waals surface area (Å²) >= 11 is 0. The fourth-order valence-corrected chi connectivity index (χ4v) is 0.861. The van der Waals surface area contributed by atoms with Gasteiger partial charge in [-0.3, -0.25) is 0 Å². The van der Waals surface area contributed by atoms with Gasteiger partial charge in [-0.15, -0.1) is 0 Å². The number of nitrogens with zero attached hydrogens (tertiary/aromatic N) is 1. The summed E-state index contributed by atoms with van der Waals surface area (Å²) in [7, 11) is 0. The molecule has 0 aliphatic heterocycles. The van der Waals surface area contributed by atoms with Crippen molar-refractivity contribution in [2.75, 3.05) is 17.6 Å². The summed E-state index contributed by atoms with van der Waals surface area (Å²) in [5, 5.41) is 2.16. The molecule has 3 nitrogen and oxygen atoms in total. The number of aromatic nitrogens is 1. The van der Waals surface area contributed by atoms with Crippen LogP contribution in [0, 0.1) is 6.92 Å². The van der Waals surface area contributed by atoms with Crippen LogP contribution in [0.1, 0.15) is 5.69 Å². The van der Waals surface area contributed by atoms with Gasteiger partial charge in [0.25, 0.3) is 0 Å². The van der Waals surface area contributed by atoms with Crippen molar-refractivity contribution in [2.24, 2.45) is 0 Å². The summed E-state index contributed by atoms with van der Waals surface area (Å²) in [6.45, 7) is 0.539. The molecule has 14 heavy (non-hydrogen) atoms. The Morgan fingerprint density at radius 3 is 2.57 bits per heavy atom. The number of halogens is 3. The molecular weight excluding hydrogens is 195 g/mol. The first-order valence-electron chi connectivity index (χ1n) is 3.92. The zero-order valence-electron chi connectivity index (χ0n) is 7.52. The molecule has 1 heterocycles. The van der Waals surface area contributed by atoms with Gasteiger partial charge >= 0.3 is 6.18 Å². The van der Waals surface area contributed by atoms with E-state index in [0.717, 1.165) is 0 Å². The Morgan fingerprint density at radius 2 is 2.07 bits per heavy atom. The molecular formula is C8H10F3N3. The van der Waals surface area contributed by atoms with E-state index in [9.17, 15) is 13.2 Å². The Balaban J connectivity index is 2.65. The maximum absolute atomic E-state index is 11.8. The minimum atomic E-state index is -4.24. The van der Waals surface area contributed by atoms with Gasteiger partial charge in [-0.1, -0.05) is 0 Å². The Bertz CT molecular complexity index is 322. The third-order valence-electron chi connectivity index (χ3n) is 1.60. The number of hydrogen-bond acceptors (Lipinski definition) is 3. The molecule has 0 saturated carbocycles. The number of nitrogen functional groups attached to an aromatic ring is 1. The Kier molecular flexibility index (Phi) is 2.83. The van der Waals surface area contributed by atoms with Crippen LogP contribution < -0.4 is 11.1 Å². The van der Waals surface area contributed by atoms with E-state index >= 15 is 0 Å². The minimum Gasteiger partial charge on any atom is -0.397 e. The average Bonchev–Trinajstić information content (AvgIpc) is 2.06. The third-order valence-corrected chi connectivity index (χ3v) is 1.60. The van der Waals surface area contributed by atoms with Gasteiger partial charge in [-0.2, -0.15) is 13.2 Å². The van der Waals surface area contributed by atoms with Gasteiger partial charge in [0.05, 0.1) is 11.4 Å². The molecule has 0 saturated heterocycles. The molecule has 0 amide bonds. The van der Waals surface area contributed by atoms with Crippen LogP contribution in [0.3, 0.4) is 0 Å². The fourth-order valence-electron chi connectivity index (χ4n) is 0.861. The van der Waals surface area contributed by atoms with E-state index in [4.69, 9.17) is 5.73 Å². The molecule has 0 radical (unpaired) electrons. The average molecular weight is 205 g/mol. The van der Waals surface area contributed by atoms with Crippen molar-refractivity contribution in [3.05, 3.63) is 17.8 Å². The SMILES string of the molecule is Cc1nc(NCC(F)(F)F)ccc1N. The second-order valence-corrected chi connectivity index (χ2v) is 2.84. The molecule has 0 spiro atoms. The van der Waals surface area contributed by atoms with Crippen LogP contribution in [0.4, 0.5) is 24.7 Å². The molecule has 1 aromatic rings. The standard InChI is InChI=1S/C8H10F3N3/c1-5-6(12)2-3-7(14-5)13-4-8(9,10)11/h2-3H,4,12H2,1H3,(H,13,14). The van der Waals surface area contributed by atoms with Crippen molar-refractivity contribution in [3.8, 4) is 0 Å². The van der Waals surface area contributed by atoms with E-state index in [1.54, 1.807) is 6.92 Å². The lowest BCUT2D eigenvalue weighted by Gasteiger charge is -2.09. The zero-order chi connectivity index (χ0) is 10.8. The van der Waals surface area contributed by atoms with Gasteiger partial charge in [0.2, 0.25) is 0 Å². The summed E-state index contributed by atoms with van der Waals surface area (Å²) < 4.78 is 35.4. The van der Waals surface area contributed by atoms with Gasteiger partial charge in [-0.25, -0.2) is 4.98 Å². The maximum atomic E-state index is 11.8.